The van der Waals surface area contributed by atoms with E-state index in [1.165, 1.54) is 6.07 Å². The molecule has 2 rings (SSSR count). The molecule has 0 heterocycles. The predicted molar refractivity (Wildman–Crippen MR) is 84.2 cm³/mol. The van der Waals surface area contributed by atoms with Crippen molar-refractivity contribution in [2.45, 2.75) is 26.2 Å². The maximum atomic E-state index is 13.8. The maximum absolute atomic E-state index is 13.8. The van der Waals surface area contributed by atoms with Crippen molar-refractivity contribution in [3.8, 4) is 5.75 Å². The molecule has 112 valence electrons. The largest absolute Gasteiger partial charge is 0.494 e. The van der Waals surface area contributed by atoms with E-state index < -0.39 is 0 Å². The van der Waals surface area contributed by atoms with E-state index in [1.54, 1.807) is 6.07 Å². The van der Waals surface area contributed by atoms with E-state index in [9.17, 15) is 4.39 Å². The number of benzene rings is 2. The summed E-state index contributed by atoms with van der Waals surface area (Å²) in [7, 11) is 0. The van der Waals surface area contributed by atoms with Crippen LogP contribution in [0.4, 0.5) is 4.39 Å². The maximum Gasteiger partial charge on any atom is 0.126 e. The third-order valence-corrected chi connectivity index (χ3v) is 3.70. The van der Waals surface area contributed by atoms with E-state index in [1.807, 2.05) is 44.2 Å². The molecule has 0 aliphatic rings. The van der Waals surface area contributed by atoms with Crippen LogP contribution in [0, 0.1) is 12.7 Å². The number of aryl methyl sites for hydroxylation is 1. The second-order valence-electron chi connectivity index (χ2n) is 5.18. The fraction of sp³-hybridized carbons (Fsp3) is 0.333. The molecule has 0 spiro atoms. The van der Waals surface area contributed by atoms with Gasteiger partial charge < -0.3 is 10.5 Å². The highest BCUT2D eigenvalue weighted by molar-refractivity contribution is 5.38. The van der Waals surface area contributed by atoms with Crippen molar-refractivity contribution in [2.75, 3.05) is 13.2 Å². The smallest absolute Gasteiger partial charge is 0.126 e. The highest BCUT2D eigenvalue weighted by Gasteiger charge is 2.15. The Labute approximate surface area is 125 Å². The Balaban J connectivity index is 2.23. The zero-order valence-corrected chi connectivity index (χ0v) is 12.6. The molecule has 0 radical (unpaired) electrons. The standard InChI is InChI=1S/C18H22FNO/c1-3-21-16-8-9-17(13(2)10-16)15(12-20)11-14-6-4-5-7-18(14)19/h4-10,15H,3,11-12,20H2,1-2H3. The molecule has 0 aliphatic heterocycles. The van der Waals surface area contributed by atoms with Gasteiger partial charge in [-0.2, -0.15) is 0 Å². The average molecular weight is 287 g/mol. The minimum absolute atomic E-state index is 0.109. The molecule has 0 saturated carbocycles. The Morgan fingerprint density at radius 3 is 2.57 bits per heavy atom. The number of halogens is 1. The Morgan fingerprint density at radius 1 is 1.19 bits per heavy atom. The molecular weight excluding hydrogens is 265 g/mol. The van der Waals surface area contributed by atoms with Crippen molar-refractivity contribution in [1.29, 1.82) is 0 Å². The SMILES string of the molecule is CCOc1ccc(C(CN)Cc2ccccc2F)c(C)c1. The number of rotatable bonds is 6. The first-order chi connectivity index (χ1) is 10.2. The van der Waals surface area contributed by atoms with E-state index >= 15 is 0 Å². The molecule has 0 aliphatic carbocycles. The lowest BCUT2D eigenvalue weighted by molar-refractivity contribution is 0.340. The molecule has 0 aromatic heterocycles. The molecule has 0 saturated heterocycles. The van der Waals surface area contributed by atoms with Crippen LogP contribution >= 0.6 is 0 Å². The summed E-state index contributed by atoms with van der Waals surface area (Å²) in [6.07, 6.45) is 0.609. The van der Waals surface area contributed by atoms with Crippen LogP contribution in [-0.4, -0.2) is 13.2 Å². The summed E-state index contributed by atoms with van der Waals surface area (Å²) in [4.78, 5) is 0. The average Bonchev–Trinajstić information content (AvgIpc) is 2.48. The summed E-state index contributed by atoms with van der Waals surface area (Å²) in [5.41, 5.74) is 8.91. The molecule has 0 bridgehead atoms. The number of nitrogens with two attached hydrogens (primary N) is 1. The van der Waals surface area contributed by atoms with Crippen LogP contribution in [0.5, 0.6) is 5.75 Å². The zero-order chi connectivity index (χ0) is 15.2. The Hall–Kier alpha value is -1.87. The highest BCUT2D eigenvalue weighted by Crippen LogP contribution is 2.27. The Kier molecular flexibility index (Phi) is 5.34. The first-order valence-corrected chi connectivity index (χ1v) is 7.32. The molecule has 2 aromatic rings. The number of hydrogen-bond donors (Lipinski definition) is 1. The molecule has 2 nitrogen and oxygen atoms in total. The van der Waals surface area contributed by atoms with Gasteiger partial charge in [0.15, 0.2) is 0 Å². The van der Waals surface area contributed by atoms with Crippen LogP contribution in [-0.2, 0) is 6.42 Å². The zero-order valence-electron chi connectivity index (χ0n) is 12.6. The van der Waals surface area contributed by atoms with Crippen molar-refractivity contribution in [3.05, 3.63) is 65.0 Å². The van der Waals surface area contributed by atoms with E-state index in [2.05, 4.69) is 0 Å². The van der Waals surface area contributed by atoms with Crippen molar-refractivity contribution >= 4 is 0 Å². The molecule has 1 atom stereocenters. The third-order valence-electron chi connectivity index (χ3n) is 3.70. The van der Waals surface area contributed by atoms with Gasteiger partial charge in [-0.25, -0.2) is 4.39 Å². The molecule has 1 unspecified atom stereocenters. The minimum Gasteiger partial charge on any atom is -0.494 e. The summed E-state index contributed by atoms with van der Waals surface area (Å²) in [5, 5.41) is 0. The van der Waals surface area contributed by atoms with Gasteiger partial charge in [0, 0.05) is 5.92 Å². The molecule has 2 aromatic carbocycles. The normalized spacial score (nSPS) is 12.2. The van der Waals surface area contributed by atoms with Gasteiger partial charge in [-0.05, 0) is 61.7 Å². The fourth-order valence-corrected chi connectivity index (χ4v) is 2.61. The third kappa shape index (κ3) is 3.82. The van der Waals surface area contributed by atoms with Gasteiger partial charge in [0.1, 0.15) is 11.6 Å². The highest BCUT2D eigenvalue weighted by atomic mass is 19.1. The fourth-order valence-electron chi connectivity index (χ4n) is 2.61. The second-order valence-corrected chi connectivity index (χ2v) is 5.18. The molecule has 3 heteroatoms. The lowest BCUT2D eigenvalue weighted by Crippen LogP contribution is -2.16. The van der Waals surface area contributed by atoms with Gasteiger partial charge in [0.2, 0.25) is 0 Å². The lowest BCUT2D eigenvalue weighted by Gasteiger charge is -2.19. The van der Waals surface area contributed by atoms with E-state index in [0.717, 1.165) is 16.9 Å². The summed E-state index contributed by atoms with van der Waals surface area (Å²) in [6.45, 7) is 5.14. The second kappa shape index (κ2) is 7.23. The van der Waals surface area contributed by atoms with Gasteiger partial charge in [0.05, 0.1) is 6.61 Å². The van der Waals surface area contributed by atoms with Gasteiger partial charge >= 0.3 is 0 Å². The lowest BCUT2D eigenvalue weighted by atomic mass is 9.89. The minimum atomic E-state index is -0.167. The van der Waals surface area contributed by atoms with Crippen molar-refractivity contribution in [1.82, 2.24) is 0 Å². The Bertz CT molecular complexity index is 598. The van der Waals surface area contributed by atoms with Crippen molar-refractivity contribution in [2.24, 2.45) is 5.73 Å². The van der Waals surface area contributed by atoms with Crippen LogP contribution in [0.3, 0.4) is 0 Å². The first-order valence-electron chi connectivity index (χ1n) is 7.32. The van der Waals surface area contributed by atoms with E-state index in [-0.39, 0.29) is 11.7 Å². The van der Waals surface area contributed by atoms with Crippen LogP contribution in [0.15, 0.2) is 42.5 Å². The van der Waals surface area contributed by atoms with E-state index in [0.29, 0.717) is 25.1 Å². The van der Waals surface area contributed by atoms with Gasteiger partial charge in [-0.1, -0.05) is 24.3 Å². The van der Waals surface area contributed by atoms with Crippen LogP contribution in [0.2, 0.25) is 0 Å². The van der Waals surface area contributed by atoms with Gasteiger partial charge in [-0.15, -0.1) is 0 Å². The van der Waals surface area contributed by atoms with Gasteiger partial charge in [0.25, 0.3) is 0 Å². The molecule has 21 heavy (non-hydrogen) atoms. The summed E-state index contributed by atoms with van der Waals surface area (Å²) < 4.78 is 19.3. The summed E-state index contributed by atoms with van der Waals surface area (Å²) >= 11 is 0. The predicted octanol–water partition coefficient (Wildman–Crippen LogP) is 3.82. The Morgan fingerprint density at radius 2 is 1.95 bits per heavy atom. The molecule has 0 fully saturated rings. The van der Waals surface area contributed by atoms with Crippen molar-refractivity contribution in [3.63, 3.8) is 0 Å². The summed E-state index contributed by atoms with van der Waals surface area (Å²) in [6, 6.07) is 12.9. The molecule has 2 N–H and O–H groups in total. The monoisotopic (exact) mass is 287 g/mol. The first kappa shape index (κ1) is 15.5. The quantitative estimate of drug-likeness (QED) is 0.876. The topological polar surface area (TPSA) is 35.2 Å². The van der Waals surface area contributed by atoms with Crippen LogP contribution in [0.1, 0.15) is 29.5 Å². The van der Waals surface area contributed by atoms with E-state index in [4.69, 9.17) is 10.5 Å². The summed E-state index contributed by atoms with van der Waals surface area (Å²) in [5.74, 6) is 0.803. The molecular formula is C18H22FNO. The molecule has 0 amide bonds. The van der Waals surface area contributed by atoms with Crippen LogP contribution < -0.4 is 10.5 Å². The number of hydrogen-bond acceptors (Lipinski definition) is 2. The van der Waals surface area contributed by atoms with Crippen LogP contribution in [0.25, 0.3) is 0 Å². The van der Waals surface area contributed by atoms with Gasteiger partial charge in [-0.3, -0.25) is 0 Å². The van der Waals surface area contributed by atoms with Crippen molar-refractivity contribution < 1.29 is 9.13 Å². The number of ether oxygens (including phenoxy) is 1.